The van der Waals surface area contributed by atoms with Crippen molar-refractivity contribution in [2.75, 3.05) is 12.8 Å². The third kappa shape index (κ3) is 1.81. The van der Waals surface area contributed by atoms with Gasteiger partial charge in [-0.2, -0.15) is 15.2 Å². The van der Waals surface area contributed by atoms with Gasteiger partial charge in [-0.1, -0.05) is 13.8 Å². The SMILES string of the molecule is CNC(=O)C(O)[C@H]1O[C@@H](n2cnc3c(N)nc(C#N)nc32)[C@@]2(O)C(C)(C)[C@@]12O. The van der Waals surface area contributed by atoms with Crippen molar-refractivity contribution in [2.24, 2.45) is 5.41 Å². The summed E-state index contributed by atoms with van der Waals surface area (Å²) in [5.74, 6) is -1.00. The number of imidazole rings is 1. The molecule has 1 aliphatic carbocycles. The Hall–Kier alpha value is -2.85. The number of fused-ring (bicyclic) bond motifs is 2. The van der Waals surface area contributed by atoms with Crippen molar-refractivity contribution in [2.45, 2.75) is 43.5 Å². The molecule has 3 heterocycles. The first-order valence-electron chi connectivity index (χ1n) is 8.46. The second-order valence-corrected chi connectivity index (χ2v) is 7.49. The topological polar surface area (TPSA) is 192 Å². The number of ether oxygens (including phenoxy) is 1. The molecule has 0 aromatic carbocycles. The van der Waals surface area contributed by atoms with Gasteiger partial charge < -0.3 is 31.1 Å². The zero-order valence-electron chi connectivity index (χ0n) is 15.3. The predicted molar refractivity (Wildman–Crippen MR) is 92.1 cm³/mol. The van der Waals surface area contributed by atoms with E-state index in [4.69, 9.17) is 15.7 Å². The highest BCUT2D eigenvalue weighted by atomic mass is 16.6. The maximum absolute atomic E-state index is 11.9. The van der Waals surface area contributed by atoms with Crippen LogP contribution in [0.2, 0.25) is 0 Å². The van der Waals surface area contributed by atoms with Crippen LogP contribution in [0.4, 0.5) is 5.82 Å². The lowest BCUT2D eigenvalue weighted by atomic mass is 9.97. The van der Waals surface area contributed by atoms with Crippen molar-refractivity contribution in [1.82, 2.24) is 24.8 Å². The van der Waals surface area contributed by atoms with Gasteiger partial charge >= 0.3 is 0 Å². The lowest BCUT2D eigenvalue weighted by molar-refractivity contribution is -0.161. The highest BCUT2D eigenvalue weighted by Gasteiger charge is 2.93. The number of likely N-dealkylation sites (N-methyl/N-ethyl adjacent to an activating group) is 1. The summed E-state index contributed by atoms with van der Waals surface area (Å²) >= 11 is 0. The molecule has 2 aromatic heterocycles. The average Bonchev–Trinajstić information content (AvgIpc) is 3.03. The van der Waals surface area contributed by atoms with Gasteiger partial charge in [-0.3, -0.25) is 9.36 Å². The van der Waals surface area contributed by atoms with Crippen molar-refractivity contribution in [3.05, 3.63) is 12.2 Å². The third-order valence-corrected chi connectivity index (χ3v) is 6.07. The van der Waals surface area contributed by atoms with Gasteiger partial charge in [-0.05, 0) is 0 Å². The van der Waals surface area contributed by atoms with Gasteiger partial charge in [0.05, 0.1) is 6.33 Å². The van der Waals surface area contributed by atoms with Gasteiger partial charge in [0.15, 0.2) is 23.8 Å². The molecule has 5 atom stereocenters. The van der Waals surface area contributed by atoms with Crippen LogP contribution in [0.15, 0.2) is 6.33 Å². The number of carbonyl (C=O) groups excluding carboxylic acids is 1. The van der Waals surface area contributed by atoms with Gasteiger partial charge in [0.25, 0.3) is 5.91 Å². The number of aliphatic hydroxyl groups excluding tert-OH is 1. The molecule has 0 spiro atoms. The summed E-state index contributed by atoms with van der Waals surface area (Å²) in [5.41, 5.74) is 1.21. The van der Waals surface area contributed by atoms with Crippen LogP contribution < -0.4 is 11.1 Å². The summed E-state index contributed by atoms with van der Waals surface area (Å²) < 4.78 is 7.05. The Balaban J connectivity index is 1.86. The van der Waals surface area contributed by atoms with Crippen LogP contribution in [0.3, 0.4) is 0 Å². The fraction of sp³-hybridized carbons (Fsp3) is 0.562. The minimum Gasteiger partial charge on any atom is -0.383 e. The summed E-state index contributed by atoms with van der Waals surface area (Å²) in [5, 5.41) is 44.2. The van der Waals surface area contributed by atoms with Crippen LogP contribution in [0.5, 0.6) is 0 Å². The molecule has 1 saturated heterocycles. The molecule has 12 heteroatoms. The monoisotopic (exact) mass is 389 g/mol. The quantitative estimate of drug-likeness (QED) is 0.384. The molecule has 1 amide bonds. The number of rotatable bonds is 3. The molecular weight excluding hydrogens is 370 g/mol. The molecule has 148 valence electrons. The number of hydrogen-bond acceptors (Lipinski definition) is 10. The summed E-state index contributed by atoms with van der Waals surface area (Å²) in [7, 11) is 1.33. The number of nitriles is 1. The van der Waals surface area contributed by atoms with Crippen molar-refractivity contribution < 1.29 is 24.9 Å². The fourth-order valence-corrected chi connectivity index (χ4v) is 4.32. The lowest BCUT2D eigenvalue weighted by Crippen LogP contribution is -2.49. The van der Waals surface area contributed by atoms with Gasteiger partial charge in [0.2, 0.25) is 5.82 Å². The van der Waals surface area contributed by atoms with E-state index >= 15 is 0 Å². The zero-order valence-corrected chi connectivity index (χ0v) is 15.3. The molecule has 2 aromatic rings. The normalized spacial score (nSPS) is 33.9. The van der Waals surface area contributed by atoms with Crippen molar-refractivity contribution >= 4 is 22.9 Å². The number of nitrogens with two attached hydrogens (primary N) is 1. The van der Waals surface area contributed by atoms with Crippen LogP contribution in [-0.4, -0.2) is 71.2 Å². The number of carbonyl (C=O) groups is 1. The fourth-order valence-electron chi connectivity index (χ4n) is 4.32. The van der Waals surface area contributed by atoms with Gasteiger partial charge in [-0.15, -0.1) is 0 Å². The molecule has 1 aliphatic heterocycles. The zero-order chi connectivity index (χ0) is 20.6. The largest absolute Gasteiger partial charge is 0.383 e. The maximum Gasteiger partial charge on any atom is 0.251 e. The Labute approximate surface area is 158 Å². The molecule has 0 radical (unpaired) electrons. The van der Waals surface area contributed by atoms with Gasteiger partial charge in [-0.25, -0.2) is 4.98 Å². The van der Waals surface area contributed by atoms with Crippen LogP contribution in [0.1, 0.15) is 25.9 Å². The standard InChI is InChI=1S/C16H19N7O5/c1-14(2)15(26)9(8(24)12(25)19-3)28-13(16(14,15)27)23-5-20-7-10(18)21-6(4-17)22-11(7)23/h5,8-9,13,24,26-27H,1-3H3,(H,19,25)(H2,18,21,22)/t8?,9-,13-,15+,16-/m1/s1. The molecule has 28 heavy (non-hydrogen) atoms. The summed E-state index contributed by atoms with van der Waals surface area (Å²) in [6.45, 7) is 3.19. The van der Waals surface area contributed by atoms with Crippen molar-refractivity contribution in [3.8, 4) is 6.07 Å². The smallest absolute Gasteiger partial charge is 0.251 e. The number of aromatic nitrogens is 4. The molecule has 1 unspecified atom stereocenters. The minimum absolute atomic E-state index is 0.0300. The van der Waals surface area contributed by atoms with E-state index in [1.165, 1.54) is 17.9 Å². The first-order chi connectivity index (χ1) is 13.1. The van der Waals surface area contributed by atoms with Gasteiger partial charge in [0, 0.05) is 12.5 Å². The van der Waals surface area contributed by atoms with Crippen molar-refractivity contribution in [1.29, 1.82) is 5.26 Å². The Bertz CT molecular complexity index is 1050. The maximum atomic E-state index is 11.9. The number of nitrogens with zero attached hydrogens (tertiary/aromatic N) is 5. The second-order valence-electron chi connectivity index (χ2n) is 7.49. The van der Waals surface area contributed by atoms with Crippen LogP contribution in [-0.2, 0) is 9.53 Å². The van der Waals surface area contributed by atoms with E-state index in [-0.39, 0.29) is 22.8 Å². The molecule has 0 bridgehead atoms. The number of aliphatic hydroxyl groups is 3. The molecule has 2 aliphatic rings. The number of nitrogen functional groups attached to an aromatic ring is 1. The van der Waals surface area contributed by atoms with Gasteiger partial charge in [0.1, 0.15) is 28.9 Å². The van der Waals surface area contributed by atoms with E-state index in [1.54, 1.807) is 19.9 Å². The third-order valence-electron chi connectivity index (χ3n) is 6.07. The first-order valence-corrected chi connectivity index (χ1v) is 8.46. The lowest BCUT2D eigenvalue weighted by Gasteiger charge is -2.29. The van der Waals surface area contributed by atoms with E-state index in [2.05, 4.69) is 20.3 Å². The first kappa shape index (κ1) is 18.5. The Kier molecular flexibility index (Phi) is 3.54. The predicted octanol–water partition coefficient (Wildman–Crippen LogP) is -2.21. The number of hydrogen-bond donors (Lipinski definition) is 5. The molecule has 12 nitrogen and oxygen atoms in total. The number of amides is 1. The molecular formula is C16H19N7O5. The average molecular weight is 389 g/mol. The number of nitrogens with one attached hydrogen (secondary N) is 1. The summed E-state index contributed by atoms with van der Waals surface area (Å²) in [6, 6.07) is 1.78. The van der Waals surface area contributed by atoms with Crippen LogP contribution in [0, 0.1) is 16.7 Å². The molecule has 2 fully saturated rings. The Morgan fingerprint density at radius 2 is 2.11 bits per heavy atom. The molecule has 1 saturated carbocycles. The van der Waals surface area contributed by atoms with E-state index in [1.807, 2.05) is 0 Å². The number of anilines is 1. The summed E-state index contributed by atoms with van der Waals surface area (Å²) in [6.07, 6.45) is -3.10. The van der Waals surface area contributed by atoms with E-state index in [0.29, 0.717) is 0 Å². The molecule has 4 rings (SSSR count). The Morgan fingerprint density at radius 3 is 2.71 bits per heavy atom. The van der Waals surface area contributed by atoms with Crippen LogP contribution in [0.25, 0.3) is 11.2 Å². The van der Waals surface area contributed by atoms with E-state index < -0.39 is 41.0 Å². The van der Waals surface area contributed by atoms with E-state index in [0.717, 1.165) is 0 Å². The molecule has 6 N–H and O–H groups in total. The second kappa shape index (κ2) is 5.36. The highest BCUT2D eigenvalue weighted by molar-refractivity contribution is 5.83. The van der Waals surface area contributed by atoms with Crippen molar-refractivity contribution in [3.63, 3.8) is 0 Å². The summed E-state index contributed by atoms with van der Waals surface area (Å²) in [4.78, 5) is 23.9. The van der Waals surface area contributed by atoms with E-state index in [9.17, 15) is 20.1 Å². The Morgan fingerprint density at radius 1 is 1.43 bits per heavy atom. The van der Waals surface area contributed by atoms with Crippen LogP contribution >= 0.6 is 0 Å². The highest BCUT2D eigenvalue weighted by Crippen LogP contribution is 2.75. The minimum atomic E-state index is -1.91.